The Morgan fingerprint density at radius 3 is 2.23 bits per heavy atom. The summed E-state index contributed by atoms with van der Waals surface area (Å²) in [4.78, 5) is 26.2. The third-order valence-electron chi connectivity index (χ3n) is 4.22. The standard InChI is InChI=1S/C20H23N3O3/c1-15-2-6-18(7-3-15)22-19(24)14-21-17-8-4-16(5-9-17)20(25)23-10-12-26-13-11-23/h2-9,21H,10-14H2,1H3,(H,22,24). The second-order valence-corrected chi connectivity index (χ2v) is 6.25. The quantitative estimate of drug-likeness (QED) is 0.867. The van der Waals surface area contributed by atoms with E-state index in [1.165, 1.54) is 0 Å². The minimum absolute atomic E-state index is 0.0111. The van der Waals surface area contributed by atoms with Gasteiger partial charge < -0.3 is 20.3 Å². The zero-order chi connectivity index (χ0) is 18.4. The number of carbonyl (C=O) groups excluding carboxylic acids is 2. The zero-order valence-corrected chi connectivity index (χ0v) is 14.8. The van der Waals surface area contributed by atoms with Crippen LogP contribution >= 0.6 is 0 Å². The fraction of sp³-hybridized carbons (Fsp3) is 0.300. The van der Waals surface area contributed by atoms with E-state index in [1.54, 1.807) is 17.0 Å². The molecule has 0 aliphatic carbocycles. The summed E-state index contributed by atoms with van der Waals surface area (Å²) < 4.78 is 5.27. The number of hydrogen-bond donors (Lipinski definition) is 2. The smallest absolute Gasteiger partial charge is 0.254 e. The molecular formula is C20H23N3O3. The van der Waals surface area contributed by atoms with Gasteiger partial charge in [0, 0.05) is 30.0 Å². The van der Waals surface area contributed by atoms with E-state index < -0.39 is 0 Å². The lowest BCUT2D eigenvalue weighted by Crippen LogP contribution is -2.40. The summed E-state index contributed by atoms with van der Waals surface area (Å²) in [5.41, 5.74) is 3.35. The first-order valence-electron chi connectivity index (χ1n) is 8.69. The largest absolute Gasteiger partial charge is 0.378 e. The van der Waals surface area contributed by atoms with Crippen LogP contribution in [0.15, 0.2) is 48.5 Å². The molecule has 1 aliphatic rings. The number of nitrogens with one attached hydrogen (secondary N) is 2. The molecule has 0 unspecified atom stereocenters. The van der Waals surface area contributed by atoms with Crippen molar-refractivity contribution in [3.05, 3.63) is 59.7 Å². The lowest BCUT2D eigenvalue weighted by atomic mass is 10.1. The fourth-order valence-corrected chi connectivity index (χ4v) is 2.70. The first-order chi connectivity index (χ1) is 12.6. The van der Waals surface area contributed by atoms with Crippen molar-refractivity contribution in [2.75, 3.05) is 43.5 Å². The predicted octanol–water partition coefficient (Wildman–Crippen LogP) is 2.52. The molecule has 6 heteroatoms. The van der Waals surface area contributed by atoms with Crippen molar-refractivity contribution >= 4 is 23.2 Å². The summed E-state index contributed by atoms with van der Waals surface area (Å²) >= 11 is 0. The number of carbonyl (C=O) groups is 2. The lowest BCUT2D eigenvalue weighted by Gasteiger charge is -2.26. The summed E-state index contributed by atoms with van der Waals surface area (Å²) in [6.45, 7) is 4.57. The second kappa shape index (κ2) is 8.49. The Hall–Kier alpha value is -2.86. The lowest BCUT2D eigenvalue weighted by molar-refractivity contribution is -0.114. The molecule has 26 heavy (non-hydrogen) atoms. The molecule has 0 spiro atoms. The highest BCUT2D eigenvalue weighted by molar-refractivity contribution is 5.95. The van der Waals surface area contributed by atoms with Crippen molar-refractivity contribution < 1.29 is 14.3 Å². The topological polar surface area (TPSA) is 70.7 Å². The van der Waals surface area contributed by atoms with Crippen LogP contribution in [-0.4, -0.2) is 49.6 Å². The van der Waals surface area contributed by atoms with E-state index in [1.807, 2.05) is 43.3 Å². The highest BCUT2D eigenvalue weighted by Gasteiger charge is 2.18. The van der Waals surface area contributed by atoms with Gasteiger partial charge in [0.05, 0.1) is 19.8 Å². The van der Waals surface area contributed by atoms with Crippen LogP contribution in [-0.2, 0) is 9.53 Å². The molecule has 2 aromatic rings. The van der Waals surface area contributed by atoms with E-state index >= 15 is 0 Å². The molecule has 2 amide bonds. The molecule has 1 aliphatic heterocycles. The maximum atomic E-state index is 12.4. The van der Waals surface area contributed by atoms with E-state index in [-0.39, 0.29) is 18.4 Å². The number of aryl methyl sites for hydroxylation is 1. The average Bonchev–Trinajstić information content (AvgIpc) is 2.69. The van der Waals surface area contributed by atoms with Gasteiger partial charge in [-0.05, 0) is 43.3 Å². The van der Waals surface area contributed by atoms with E-state index in [0.717, 1.165) is 16.9 Å². The van der Waals surface area contributed by atoms with E-state index in [0.29, 0.717) is 31.9 Å². The van der Waals surface area contributed by atoms with Crippen LogP contribution < -0.4 is 10.6 Å². The normalized spacial score (nSPS) is 14.0. The Kier molecular flexibility index (Phi) is 5.86. The summed E-state index contributed by atoms with van der Waals surface area (Å²) in [6.07, 6.45) is 0. The van der Waals surface area contributed by atoms with Crippen molar-refractivity contribution in [3.63, 3.8) is 0 Å². The number of anilines is 2. The number of morpholine rings is 1. The summed E-state index contributed by atoms with van der Waals surface area (Å²) in [7, 11) is 0. The number of rotatable bonds is 5. The zero-order valence-electron chi connectivity index (χ0n) is 14.8. The molecule has 2 aromatic carbocycles. The van der Waals surface area contributed by atoms with Crippen LogP contribution in [0.5, 0.6) is 0 Å². The number of amides is 2. The molecule has 136 valence electrons. The van der Waals surface area contributed by atoms with Gasteiger partial charge >= 0.3 is 0 Å². The molecule has 0 saturated carbocycles. The number of ether oxygens (including phenoxy) is 1. The van der Waals surface area contributed by atoms with Crippen molar-refractivity contribution in [3.8, 4) is 0 Å². The Bertz CT molecular complexity index is 751. The molecule has 1 fully saturated rings. The third-order valence-corrected chi connectivity index (χ3v) is 4.22. The van der Waals surface area contributed by atoms with E-state index in [2.05, 4.69) is 10.6 Å². The number of hydrogen-bond acceptors (Lipinski definition) is 4. The number of benzene rings is 2. The minimum Gasteiger partial charge on any atom is -0.378 e. The molecule has 0 atom stereocenters. The van der Waals surface area contributed by atoms with Crippen LogP contribution in [0.2, 0.25) is 0 Å². The van der Waals surface area contributed by atoms with Gasteiger partial charge in [0.15, 0.2) is 0 Å². The molecule has 0 aromatic heterocycles. The Balaban J connectivity index is 1.50. The fourth-order valence-electron chi connectivity index (χ4n) is 2.70. The van der Waals surface area contributed by atoms with Gasteiger partial charge in [-0.25, -0.2) is 0 Å². The first-order valence-corrected chi connectivity index (χ1v) is 8.69. The second-order valence-electron chi connectivity index (χ2n) is 6.25. The molecule has 1 heterocycles. The molecule has 0 bridgehead atoms. The van der Waals surface area contributed by atoms with Gasteiger partial charge in [0.2, 0.25) is 5.91 Å². The summed E-state index contributed by atoms with van der Waals surface area (Å²) in [5.74, 6) is -0.112. The maximum absolute atomic E-state index is 12.4. The predicted molar refractivity (Wildman–Crippen MR) is 101 cm³/mol. The van der Waals surface area contributed by atoms with Crippen molar-refractivity contribution in [2.24, 2.45) is 0 Å². The van der Waals surface area contributed by atoms with Crippen LogP contribution in [0.1, 0.15) is 15.9 Å². The molecule has 6 nitrogen and oxygen atoms in total. The molecule has 2 N–H and O–H groups in total. The Labute approximate surface area is 153 Å². The Morgan fingerprint density at radius 2 is 1.58 bits per heavy atom. The highest BCUT2D eigenvalue weighted by atomic mass is 16.5. The van der Waals surface area contributed by atoms with Crippen molar-refractivity contribution in [1.82, 2.24) is 4.90 Å². The molecular weight excluding hydrogens is 330 g/mol. The van der Waals surface area contributed by atoms with Gasteiger partial charge in [0.25, 0.3) is 5.91 Å². The monoisotopic (exact) mass is 353 g/mol. The van der Waals surface area contributed by atoms with Crippen LogP contribution in [0.25, 0.3) is 0 Å². The molecule has 0 radical (unpaired) electrons. The summed E-state index contributed by atoms with van der Waals surface area (Å²) in [6, 6.07) is 14.8. The Morgan fingerprint density at radius 1 is 0.962 bits per heavy atom. The number of nitrogens with zero attached hydrogens (tertiary/aromatic N) is 1. The minimum atomic E-state index is -0.123. The third kappa shape index (κ3) is 4.83. The first kappa shape index (κ1) is 17.9. The van der Waals surface area contributed by atoms with Crippen LogP contribution in [0.3, 0.4) is 0 Å². The van der Waals surface area contributed by atoms with Gasteiger partial charge in [-0.2, -0.15) is 0 Å². The highest BCUT2D eigenvalue weighted by Crippen LogP contribution is 2.13. The van der Waals surface area contributed by atoms with Crippen LogP contribution in [0, 0.1) is 6.92 Å². The molecule has 1 saturated heterocycles. The van der Waals surface area contributed by atoms with Crippen molar-refractivity contribution in [1.29, 1.82) is 0 Å². The van der Waals surface area contributed by atoms with Gasteiger partial charge in [-0.1, -0.05) is 17.7 Å². The van der Waals surface area contributed by atoms with Crippen molar-refractivity contribution in [2.45, 2.75) is 6.92 Å². The average molecular weight is 353 g/mol. The van der Waals surface area contributed by atoms with Gasteiger partial charge in [-0.3, -0.25) is 9.59 Å². The van der Waals surface area contributed by atoms with Crippen LogP contribution in [0.4, 0.5) is 11.4 Å². The summed E-state index contributed by atoms with van der Waals surface area (Å²) in [5, 5.41) is 5.90. The molecule has 3 rings (SSSR count). The maximum Gasteiger partial charge on any atom is 0.254 e. The van der Waals surface area contributed by atoms with E-state index in [9.17, 15) is 9.59 Å². The van der Waals surface area contributed by atoms with Gasteiger partial charge in [-0.15, -0.1) is 0 Å². The van der Waals surface area contributed by atoms with E-state index in [4.69, 9.17) is 4.74 Å². The van der Waals surface area contributed by atoms with Gasteiger partial charge in [0.1, 0.15) is 0 Å². The SMILES string of the molecule is Cc1ccc(NC(=O)CNc2ccc(C(=O)N3CCOCC3)cc2)cc1.